The van der Waals surface area contributed by atoms with E-state index in [1.54, 1.807) is 0 Å². The third-order valence-electron chi connectivity index (χ3n) is 5.63. The van der Waals surface area contributed by atoms with Crippen LogP contribution >= 0.6 is 0 Å². The molecule has 0 saturated heterocycles. The van der Waals surface area contributed by atoms with Crippen molar-refractivity contribution in [3.05, 3.63) is 0 Å². The van der Waals surface area contributed by atoms with E-state index in [1.165, 1.54) is 19.3 Å². The smallest absolute Gasteiger partial charge is 0.407 e. The Morgan fingerprint density at radius 3 is 2.42 bits per heavy atom. The van der Waals surface area contributed by atoms with Gasteiger partial charge in [-0.05, 0) is 58.8 Å². The first kappa shape index (κ1) is 17.5. The summed E-state index contributed by atoms with van der Waals surface area (Å²) in [4.78, 5) is 23.9. The van der Waals surface area contributed by atoms with E-state index in [0.29, 0.717) is 18.5 Å². The van der Waals surface area contributed by atoms with E-state index >= 15 is 0 Å². The normalized spacial score (nSPS) is 27.8. The van der Waals surface area contributed by atoms with Gasteiger partial charge in [0.25, 0.3) is 0 Å². The Hall–Kier alpha value is -1.30. The second-order valence-electron chi connectivity index (χ2n) is 8.70. The van der Waals surface area contributed by atoms with Gasteiger partial charge >= 0.3 is 6.09 Å². The highest BCUT2D eigenvalue weighted by molar-refractivity contribution is 5.78. The largest absolute Gasteiger partial charge is 0.444 e. The molecule has 3 N–H and O–H groups in total. The molecule has 0 aromatic heterocycles. The highest BCUT2D eigenvalue weighted by atomic mass is 16.6. The van der Waals surface area contributed by atoms with Crippen LogP contribution in [0.15, 0.2) is 0 Å². The van der Waals surface area contributed by atoms with Crippen molar-refractivity contribution in [1.29, 1.82) is 0 Å². The molecule has 0 radical (unpaired) electrons. The average Bonchev–Trinajstić information content (AvgIpc) is 3.19. The first-order valence-corrected chi connectivity index (χ1v) is 9.28. The fourth-order valence-corrected chi connectivity index (χ4v) is 3.87. The molecule has 6 heteroatoms. The highest BCUT2D eigenvalue weighted by Crippen LogP contribution is 2.55. The van der Waals surface area contributed by atoms with Crippen LogP contribution in [0.25, 0.3) is 0 Å². The second-order valence-corrected chi connectivity index (χ2v) is 8.70. The lowest BCUT2D eigenvalue weighted by Gasteiger charge is -2.61. The summed E-state index contributed by atoms with van der Waals surface area (Å²) in [7, 11) is 0. The van der Waals surface area contributed by atoms with Crippen molar-refractivity contribution in [2.45, 2.75) is 77.0 Å². The number of hydrogen-bond acceptors (Lipinski definition) is 4. The zero-order valence-corrected chi connectivity index (χ0v) is 15.1. The van der Waals surface area contributed by atoms with E-state index in [-0.39, 0.29) is 23.5 Å². The number of amides is 2. The first-order valence-electron chi connectivity index (χ1n) is 9.28. The maximum atomic E-state index is 12.0. The summed E-state index contributed by atoms with van der Waals surface area (Å²) in [6, 6.07) is 0.478. The molecule has 24 heavy (non-hydrogen) atoms. The number of alkyl carbamates (subject to hydrolysis) is 1. The Morgan fingerprint density at radius 2 is 1.88 bits per heavy atom. The topological polar surface area (TPSA) is 79.5 Å². The fraction of sp³-hybridized carbons (Fsp3) is 0.889. The van der Waals surface area contributed by atoms with Gasteiger partial charge in [0.05, 0.1) is 6.54 Å². The molecule has 0 aliphatic heterocycles. The van der Waals surface area contributed by atoms with Crippen molar-refractivity contribution in [1.82, 2.24) is 16.0 Å². The molecule has 0 heterocycles. The molecule has 1 spiro atoms. The second kappa shape index (κ2) is 6.54. The first-order chi connectivity index (χ1) is 11.3. The number of carbonyl (C=O) groups is 2. The zero-order valence-electron chi connectivity index (χ0n) is 15.1. The molecule has 2 amide bonds. The van der Waals surface area contributed by atoms with Gasteiger partial charge in [0.2, 0.25) is 5.91 Å². The van der Waals surface area contributed by atoms with Gasteiger partial charge in [-0.3, -0.25) is 4.79 Å². The van der Waals surface area contributed by atoms with Gasteiger partial charge in [-0.15, -0.1) is 0 Å². The summed E-state index contributed by atoms with van der Waals surface area (Å²) in [5, 5.41) is 9.42. The molecule has 3 saturated carbocycles. The number of hydrogen-bond donors (Lipinski definition) is 3. The van der Waals surface area contributed by atoms with Gasteiger partial charge in [-0.1, -0.05) is 6.42 Å². The molecule has 2 atom stereocenters. The van der Waals surface area contributed by atoms with Crippen molar-refractivity contribution in [2.75, 3.05) is 13.1 Å². The van der Waals surface area contributed by atoms with Crippen LogP contribution in [-0.4, -0.2) is 42.8 Å². The van der Waals surface area contributed by atoms with Crippen LogP contribution in [0.2, 0.25) is 0 Å². The molecule has 0 aromatic rings. The van der Waals surface area contributed by atoms with Crippen molar-refractivity contribution in [3.63, 3.8) is 0 Å². The lowest BCUT2D eigenvalue weighted by Crippen LogP contribution is -2.71. The third kappa shape index (κ3) is 4.02. The van der Waals surface area contributed by atoms with Gasteiger partial charge < -0.3 is 20.7 Å². The number of carbonyl (C=O) groups excluding carboxylic acids is 2. The van der Waals surface area contributed by atoms with Crippen molar-refractivity contribution in [3.8, 4) is 0 Å². The van der Waals surface area contributed by atoms with E-state index in [0.717, 1.165) is 25.8 Å². The Bertz CT molecular complexity index is 492. The highest BCUT2D eigenvalue weighted by Gasteiger charge is 2.58. The molecule has 0 aromatic carbocycles. The molecule has 0 bridgehead atoms. The van der Waals surface area contributed by atoms with E-state index in [1.807, 2.05) is 20.8 Å². The molecule has 3 aliphatic carbocycles. The lowest BCUT2D eigenvalue weighted by atomic mass is 9.50. The van der Waals surface area contributed by atoms with Gasteiger partial charge in [0.1, 0.15) is 5.60 Å². The quantitative estimate of drug-likeness (QED) is 0.692. The maximum Gasteiger partial charge on any atom is 0.407 e. The van der Waals surface area contributed by atoms with Gasteiger partial charge in [-0.25, -0.2) is 4.79 Å². The molecule has 3 aliphatic rings. The molecule has 3 rings (SSSR count). The summed E-state index contributed by atoms with van der Waals surface area (Å²) in [5.41, 5.74) is -0.356. The minimum Gasteiger partial charge on any atom is -0.444 e. The molecule has 2 unspecified atom stereocenters. The third-order valence-corrected chi connectivity index (χ3v) is 5.63. The number of nitrogens with one attached hydrogen (secondary N) is 3. The predicted octanol–water partition coefficient (Wildman–Crippen LogP) is 1.94. The van der Waals surface area contributed by atoms with Gasteiger partial charge in [0, 0.05) is 24.0 Å². The summed E-state index contributed by atoms with van der Waals surface area (Å²) in [5.74, 6) is 0.790. The van der Waals surface area contributed by atoms with E-state index in [4.69, 9.17) is 4.74 Å². The molecule has 136 valence electrons. The average molecular weight is 337 g/mol. The SMILES string of the molecule is CC(C)(C)OC(=O)NC1CC(NCC(=O)NCC2CC2)C12CCC2. The minimum atomic E-state index is -0.474. The van der Waals surface area contributed by atoms with Crippen LogP contribution < -0.4 is 16.0 Å². The van der Waals surface area contributed by atoms with Crippen molar-refractivity contribution < 1.29 is 14.3 Å². The summed E-state index contributed by atoms with van der Waals surface area (Å²) >= 11 is 0. The molecule has 6 nitrogen and oxygen atoms in total. The van der Waals surface area contributed by atoms with Crippen LogP contribution in [0.5, 0.6) is 0 Å². The number of ether oxygens (including phenoxy) is 1. The Kier molecular flexibility index (Phi) is 4.78. The van der Waals surface area contributed by atoms with E-state index < -0.39 is 5.60 Å². The summed E-state index contributed by atoms with van der Waals surface area (Å²) in [6.07, 6.45) is 6.44. The van der Waals surface area contributed by atoms with Crippen LogP contribution in [0.3, 0.4) is 0 Å². The van der Waals surface area contributed by atoms with Crippen molar-refractivity contribution >= 4 is 12.0 Å². The van der Waals surface area contributed by atoms with E-state index in [9.17, 15) is 9.59 Å². The number of rotatable bonds is 6. The predicted molar refractivity (Wildman–Crippen MR) is 91.6 cm³/mol. The van der Waals surface area contributed by atoms with Crippen LogP contribution in [0.1, 0.15) is 59.3 Å². The van der Waals surface area contributed by atoms with Crippen LogP contribution in [0, 0.1) is 11.3 Å². The van der Waals surface area contributed by atoms with Crippen LogP contribution in [0.4, 0.5) is 4.79 Å². The monoisotopic (exact) mass is 337 g/mol. The van der Waals surface area contributed by atoms with Crippen molar-refractivity contribution in [2.24, 2.45) is 11.3 Å². The zero-order chi connectivity index (χ0) is 17.4. The standard InChI is InChI=1S/C18H31N3O3/c1-17(2,3)24-16(23)21-14-9-13(18(14)7-4-8-18)19-11-15(22)20-10-12-5-6-12/h12-14,19H,4-11H2,1-3H3,(H,20,22)(H,21,23). The molecule has 3 fully saturated rings. The minimum absolute atomic E-state index is 0.0833. The molecular weight excluding hydrogens is 306 g/mol. The summed E-state index contributed by atoms with van der Waals surface area (Å²) < 4.78 is 5.37. The van der Waals surface area contributed by atoms with E-state index in [2.05, 4.69) is 16.0 Å². The fourth-order valence-electron chi connectivity index (χ4n) is 3.87. The Morgan fingerprint density at radius 1 is 1.17 bits per heavy atom. The Balaban J connectivity index is 1.42. The van der Waals surface area contributed by atoms with Crippen LogP contribution in [-0.2, 0) is 9.53 Å². The van der Waals surface area contributed by atoms with Gasteiger partial charge in [-0.2, -0.15) is 0 Å². The maximum absolute atomic E-state index is 12.0. The molecular formula is C18H31N3O3. The van der Waals surface area contributed by atoms with Gasteiger partial charge in [0.15, 0.2) is 0 Å². The Labute approximate surface area is 144 Å². The lowest BCUT2D eigenvalue weighted by molar-refractivity contribution is -0.122. The summed E-state index contributed by atoms with van der Waals surface area (Å²) in [6.45, 7) is 6.81.